The molecule has 1 saturated heterocycles. The molecule has 1 amide bonds. The second kappa shape index (κ2) is 5.61. The van der Waals surface area contributed by atoms with Gasteiger partial charge in [0.1, 0.15) is 0 Å². The Morgan fingerprint density at radius 3 is 2.86 bits per heavy atom. The molecule has 0 aromatic rings. The predicted octanol–water partition coefficient (Wildman–Crippen LogP) is 1.02. The van der Waals surface area contributed by atoms with E-state index in [9.17, 15) is 4.79 Å². The van der Waals surface area contributed by atoms with Crippen LogP contribution in [-0.4, -0.2) is 34.7 Å². The fraction of sp³-hybridized carbons (Fsp3) is 0.900. The van der Waals surface area contributed by atoms with Gasteiger partial charge in [0, 0.05) is 12.6 Å². The first kappa shape index (κ1) is 11.9. The molecule has 0 saturated carbocycles. The van der Waals surface area contributed by atoms with Crippen molar-refractivity contribution in [3.05, 3.63) is 0 Å². The summed E-state index contributed by atoms with van der Waals surface area (Å²) in [6, 6.07) is 0.0636. The Labute approximate surface area is 89.6 Å². The summed E-state index contributed by atoms with van der Waals surface area (Å²) in [5.74, 6) is 1.37. The summed E-state index contributed by atoms with van der Waals surface area (Å²) in [4.78, 5) is 11.7. The monoisotopic (exact) mass is 217 g/mol. The molecule has 0 aliphatic carbocycles. The number of carbonyl (C=O) groups excluding carboxylic acids is 1. The zero-order chi connectivity index (χ0) is 10.6. The first-order chi connectivity index (χ1) is 6.65. The molecule has 0 aromatic heterocycles. The van der Waals surface area contributed by atoms with Gasteiger partial charge in [-0.1, -0.05) is 6.92 Å². The molecule has 82 valence electrons. The number of thioether (sulfide) groups is 1. The van der Waals surface area contributed by atoms with Gasteiger partial charge < -0.3 is 10.4 Å². The summed E-state index contributed by atoms with van der Waals surface area (Å²) in [7, 11) is 0. The van der Waals surface area contributed by atoms with Crippen LogP contribution >= 0.6 is 11.8 Å². The van der Waals surface area contributed by atoms with Crippen molar-refractivity contribution in [2.24, 2.45) is 5.92 Å². The van der Waals surface area contributed by atoms with Crippen LogP contribution in [0.15, 0.2) is 0 Å². The number of amides is 1. The highest BCUT2D eigenvalue weighted by atomic mass is 32.2. The maximum Gasteiger partial charge on any atom is 0.233 e. The third-order valence-electron chi connectivity index (χ3n) is 2.73. The summed E-state index contributed by atoms with van der Waals surface area (Å²) in [5.41, 5.74) is 0. The van der Waals surface area contributed by atoms with Crippen molar-refractivity contribution in [3.8, 4) is 0 Å². The predicted molar refractivity (Wildman–Crippen MR) is 59.3 cm³/mol. The molecule has 0 bridgehead atoms. The SMILES string of the molecule is CC(CO)C(C)NC(=O)C1CCCS1. The van der Waals surface area contributed by atoms with E-state index in [1.807, 2.05) is 13.8 Å². The van der Waals surface area contributed by atoms with Crippen LogP contribution in [0, 0.1) is 5.92 Å². The van der Waals surface area contributed by atoms with Crippen molar-refractivity contribution in [3.63, 3.8) is 0 Å². The first-order valence-electron chi connectivity index (χ1n) is 5.18. The van der Waals surface area contributed by atoms with Gasteiger partial charge in [-0.05, 0) is 31.4 Å². The average Bonchev–Trinajstić information content (AvgIpc) is 2.69. The molecular weight excluding hydrogens is 198 g/mol. The van der Waals surface area contributed by atoms with Crippen LogP contribution in [0.5, 0.6) is 0 Å². The van der Waals surface area contributed by atoms with Crippen molar-refractivity contribution < 1.29 is 9.90 Å². The fourth-order valence-corrected chi connectivity index (χ4v) is 2.57. The van der Waals surface area contributed by atoms with E-state index in [4.69, 9.17) is 5.11 Å². The molecule has 1 heterocycles. The molecule has 1 rings (SSSR count). The maximum atomic E-state index is 11.7. The minimum atomic E-state index is 0.0636. The minimum absolute atomic E-state index is 0.0636. The van der Waals surface area contributed by atoms with Gasteiger partial charge >= 0.3 is 0 Å². The third kappa shape index (κ3) is 3.17. The lowest BCUT2D eigenvalue weighted by atomic mass is 10.0. The van der Waals surface area contributed by atoms with E-state index in [0.717, 1.165) is 18.6 Å². The third-order valence-corrected chi connectivity index (χ3v) is 4.11. The second-order valence-electron chi connectivity index (χ2n) is 3.96. The molecule has 1 fully saturated rings. The number of hydrogen-bond donors (Lipinski definition) is 2. The normalized spacial score (nSPS) is 25.8. The summed E-state index contributed by atoms with van der Waals surface area (Å²) < 4.78 is 0. The van der Waals surface area contributed by atoms with E-state index in [2.05, 4.69) is 5.32 Å². The van der Waals surface area contributed by atoms with Gasteiger partial charge in [0.2, 0.25) is 5.91 Å². The Kier molecular flexibility index (Phi) is 4.75. The van der Waals surface area contributed by atoms with Gasteiger partial charge in [-0.2, -0.15) is 0 Å². The molecule has 4 heteroatoms. The minimum Gasteiger partial charge on any atom is -0.396 e. The van der Waals surface area contributed by atoms with Crippen LogP contribution in [0.3, 0.4) is 0 Å². The van der Waals surface area contributed by atoms with Crippen molar-refractivity contribution in [2.45, 2.75) is 38.0 Å². The number of aliphatic hydroxyl groups excluding tert-OH is 1. The summed E-state index contributed by atoms with van der Waals surface area (Å²) in [6.07, 6.45) is 2.14. The van der Waals surface area contributed by atoms with E-state index < -0.39 is 0 Å². The van der Waals surface area contributed by atoms with Crippen molar-refractivity contribution >= 4 is 17.7 Å². The van der Waals surface area contributed by atoms with Crippen LogP contribution in [0.25, 0.3) is 0 Å². The first-order valence-corrected chi connectivity index (χ1v) is 6.23. The molecule has 0 spiro atoms. The molecule has 0 aromatic carbocycles. The molecule has 3 atom stereocenters. The summed E-state index contributed by atoms with van der Waals surface area (Å²) in [6.45, 7) is 4.00. The number of aliphatic hydroxyl groups is 1. The molecule has 3 unspecified atom stereocenters. The Hall–Kier alpha value is -0.220. The molecule has 14 heavy (non-hydrogen) atoms. The molecule has 2 N–H and O–H groups in total. The summed E-state index contributed by atoms with van der Waals surface area (Å²) in [5, 5.41) is 12.0. The van der Waals surface area contributed by atoms with Gasteiger partial charge in [0.25, 0.3) is 0 Å². The number of nitrogens with one attached hydrogen (secondary N) is 1. The fourth-order valence-electron chi connectivity index (χ4n) is 1.40. The highest BCUT2D eigenvalue weighted by Gasteiger charge is 2.25. The lowest BCUT2D eigenvalue weighted by Crippen LogP contribution is -2.42. The maximum absolute atomic E-state index is 11.7. The van der Waals surface area contributed by atoms with E-state index in [0.29, 0.717) is 0 Å². The zero-order valence-electron chi connectivity index (χ0n) is 8.82. The van der Waals surface area contributed by atoms with Crippen molar-refractivity contribution in [1.29, 1.82) is 0 Å². The van der Waals surface area contributed by atoms with Crippen LogP contribution in [0.1, 0.15) is 26.7 Å². The van der Waals surface area contributed by atoms with Crippen LogP contribution in [0.4, 0.5) is 0 Å². The van der Waals surface area contributed by atoms with E-state index in [1.54, 1.807) is 11.8 Å². The Balaban J connectivity index is 2.31. The van der Waals surface area contributed by atoms with E-state index in [1.165, 1.54) is 0 Å². The number of rotatable bonds is 4. The lowest BCUT2D eigenvalue weighted by Gasteiger charge is -2.21. The van der Waals surface area contributed by atoms with Gasteiger partial charge in [-0.3, -0.25) is 4.79 Å². The highest BCUT2D eigenvalue weighted by Crippen LogP contribution is 2.26. The van der Waals surface area contributed by atoms with Gasteiger partial charge in [0.15, 0.2) is 0 Å². The molecule has 0 radical (unpaired) electrons. The Morgan fingerprint density at radius 1 is 1.64 bits per heavy atom. The Morgan fingerprint density at radius 2 is 2.36 bits per heavy atom. The number of hydrogen-bond acceptors (Lipinski definition) is 3. The van der Waals surface area contributed by atoms with Crippen LogP contribution in [0.2, 0.25) is 0 Å². The van der Waals surface area contributed by atoms with Gasteiger partial charge in [0.05, 0.1) is 5.25 Å². The van der Waals surface area contributed by atoms with Crippen LogP contribution in [-0.2, 0) is 4.79 Å². The Bertz CT molecular complexity index is 193. The largest absolute Gasteiger partial charge is 0.396 e. The average molecular weight is 217 g/mol. The van der Waals surface area contributed by atoms with Gasteiger partial charge in [-0.25, -0.2) is 0 Å². The van der Waals surface area contributed by atoms with E-state index >= 15 is 0 Å². The van der Waals surface area contributed by atoms with Crippen LogP contribution < -0.4 is 5.32 Å². The highest BCUT2D eigenvalue weighted by molar-refractivity contribution is 8.00. The quantitative estimate of drug-likeness (QED) is 0.739. The summed E-state index contributed by atoms with van der Waals surface area (Å²) >= 11 is 1.74. The van der Waals surface area contributed by atoms with E-state index in [-0.39, 0.29) is 29.7 Å². The molecule has 3 nitrogen and oxygen atoms in total. The smallest absolute Gasteiger partial charge is 0.233 e. The lowest BCUT2D eigenvalue weighted by molar-refractivity contribution is -0.121. The number of carbonyl (C=O) groups is 1. The zero-order valence-corrected chi connectivity index (χ0v) is 9.64. The van der Waals surface area contributed by atoms with Crippen molar-refractivity contribution in [1.82, 2.24) is 5.32 Å². The van der Waals surface area contributed by atoms with Crippen molar-refractivity contribution in [2.75, 3.05) is 12.4 Å². The molecular formula is C10H19NO2S. The second-order valence-corrected chi connectivity index (χ2v) is 5.27. The topological polar surface area (TPSA) is 49.3 Å². The molecule has 1 aliphatic heterocycles. The van der Waals surface area contributed by atoms with Gasteiger partial charge in [-0.15, -0.1) is 11.8 Å². The standard InChI is InChI=1S/C10H19NO2S/c1-7(6-12)8(2)11-10(13)9-4-3-5-14-9/h7-9,12H,3-6H2,1-2H3,(H,11,13). The molecule has 1 aliphatic rings.